The molecule has 0 aliphatic rings. The molecule has 0 rings (SSSR count). The first-order chi connectivity index (χ1) is 6.27. The zero-order valence-electron chi connectivity index (χ0n) is 8.51. The number of rotatable bonds is 9. The zero-order valence-corrected chi connectivity index (χ0v) is 8.51. The number of aliphatic carboxylic acids is 1. The third kappa shape index (κ3) is 14.9. The van der Waals surface area contributed by atoms with Gasteiger partial charge in [0, 0.05) is 0 Å². The van der Waals surface area contributed by atoms with Crippen LogP contribution in [-0.2, 0) is 4.79 Å². The maximum absolute atomic E-state index is 10.1. The summed E-state index contributed by atoms with van der Waals surface area (Å²) < 4.78 is 0. The first-order valence-electron chi connectivity index (χ1n) is 5.20. The SMILES string of the molecule is CCCCCCCCNCC(=O)O.[NaH]. The number of carbonyl (C=O) groups is 1. The molecule has 0 aliphatic carbocycles. The monoisotopic (exact) mass is 211 g/mol. The van der Waals surface area contributed by atoms with Crippen LogP contribution in [0.3, 0.4) is 0 Å². The maximum atomic E-state index is 10.1. The van der Waals surface area contributed by atoms with Gasteiger partial charge in [0.1, 0.15) is 0 Å². The number of carboxylic acid groups (broad SMARTS) is 1. The Labute approximate surface area is 109 Å². The van der Waals surface area contributed by atoms with Crippen molar-refractivity contribution in [2.45, 2.75) is 45.4 Å². The summed E-state index contributed by atoms with van der Waals surface area (Å²) in [6.45, 7) is 3.13. The molecule has 0 bridgehead atoms. The van der Waals surface area contributed by atoms with Gasteiger partial charge in [-0.15, -0.1) is 0 Å². The summed E-state index contributed by atoms with van der Waals surface area (Å²) in [4.78, 5) is 10.1. The van der Waals surface area contributed by atoms with E-state index in [9.17, 15) is 4.79 Å². The van der Waals surface area contributed by atoms with Gasteiger partial charge in [0.15, 0.2) is 0 Å². The van der Waals surface area contributed by atoms with Crippen LogP contribution in [-0.4, -0.2) is 53.7 Å². The van der Waals surface area contributed by atoms with Crippen LogP contribution in [0.4, 0.5) is 0 Å². The third-order valence-electron chi connectivity index (χ3n) is 1.98. The molecule has 0 saturated carbocycles. The van der Waals surface area contributed by atoms with E-state index in [1.54, 1.807) is 0 Å². The molecule has 0 spiro atoms. The van der Waals surface area contributed by atoms with Crippen LogP contribution < -0.4 is 5.32 Å². The molecule has 0 heterocycles. The van der Waals surface area contributed by atoms with E-state index in [0.29, 0.717) is 0 Å². The predicted molar refractivity (Wildman–Crippen MR) is 61.0 cm³/mol. The van der Waals surface area contributed by atoms with Gasteiger partial charge in [-0.3, -0.25) is 4.79 Å². The first kappa shape index (κ1) is 16.8. The number of hydrogen-bond donors (Lipinski definition) is 2. The van der Waals surface area contributed by atoms with Crippen LogP contribution in [0, 0.1) is 0 Å². The van der Waals surface area contributed by atoms with Crippen molar-refractivity contribution >= 4 is 35.5 Å². The molecule has 0 atom stereocenters. The molecule has 0 aromatic carbocycles. The van der Waals surface area contributed by atoms with Crippen molar-refractivity contribution in [3.63, 3.8) is 0 Å². The molecule has 2 N–H and O–H groups in total. The van der Waals surface area contributed by atoms with Gasteiger partial charge in [-0.25, -0.2) is 0 Å². The van der Waals surface area contributed by atoms with Crippen LogP contribution in [0.15, 0.2) is 0 Å². The second-order valence-electron chi connectivity index (χ2n) is 3.34. The molecule has 80 valence electrons. The number of unbranched alkanes of at least 4 members (excludes halogenated alkanes) is 5. The Balaban J connectivity index is 0. The molecular weight excluding hydrogens is 189 g/mol. The summed E-state index contributed by atoms with van der Waals surface area (Å²) in [5, 5.41) is 11.2. The molecule has 0 fully saturated rings. The first-order valence-corrected chi connectivity index (χ1v) is 5.20. The van der Waals surface area contributed by atoms with E-state index >= 15 is 0 Å². The Morgan fingerprint density at radius 2 is 1.71 bits per heavy atom. The van der Waals surface area contributed by atoms with E-state index < -0.39 is 5.97 Å². The van der Waals surface area contributed by atoms with Crippen LogP contribution in [0.2, 0.25) is 0 Å². The quantitative estimate of drug-likeness (QED) is 0.447. The average Bonchev–Trinajstić information content (AvgIpc) is 2.09. The molecular formula is C10H22NNaO2. The van der Waals surface area contributed by atoms with Gasteiger partial charge in [-0.05, 0) is 13.0 Å². The Morgan fingerprint density at radius 1 is 1.14 bits per heavy atom. The Morgan fingerprint density at radius 3 is 2.29 bits per heavy atom. The minimum atomic E-state index is -0.772. The van der Waals surface area contributed by atoms with E-state index in [4.69, 9.17) is 5.11 Å². The molecule has 14 heavy (non-hydrogen) atoms. The van der Waals surface area contributed by atoms with E-state index in [1.807, 2.05) is 0 Å². The van der Waals surface area contributed by atoms with Gasteiger partial charge >= 0.3 is 35.5 Å². The molecule has 0 amide bonds. The second kappa shape index (κ2) is 13.4. The fourth-order valence-corrected chi connectivity index (χ4v) is 1.23. The summed E-state index contributed by atoms with van der Waals surface area (Å²) in [6.07, 6.45) is 7.50. The van der Waals surface area contributed by atoms with Crippen LogP contribution >= 0.6 is 0 Å². The van der Waals surface area contributed by atoms with Crippen LogP contribution in [0.1, 0.15) is 45.4 Å². The molecule has 0 aliphatic heterocycles. The summed E-state index contributed by atoms with van der Waals surface area (Å²) >= 11 is 0. The predicted octanol–water partition coefficient (Wildman–Crippen LogP) is 1.37. The van der Waals surface area contributed by atoms with Gasteiger partial charge < -0.3 is 10.4 Å². The fourth-order valence-electron chi connectivity index (χ4n) is 1.23. The topological polar surface area (TPSA) is 49.3 Å². The molecule has 0 aromatic rings. The van der Waals surface area contributed by atoms with Gasteiger partial charge in [-0.2, -0.15) is 0 Å². The van der Waals surface area contributed by atoms with Crippen molar-refractivity contribution in [3.8, 4) is 0 Å². The fraction of sp³-hybridized carbons (Fsp3) is 0.900. The minimum absolute atomic E-state index is 0. The van der Waals surface area contributed by atoms with Crippen molar-refractivity contribution in [3.05, 3.63) is 0 Å². The van der Waals surface area contributed by atoms with Crippen molar-refractivity contribution in [2.24, 2.45) is 0 Å². The Kier molecular flexibility index (Phi) is 16.2. The van der Waals surface area contributed by atoms with Crippen molar-refractivity contribution < 1.29 is 9.90 Å². The number of hydrogen-bond acceptors (Lipinski definition) is 2. The zero-order chi connectivity index (χ0) is 9.94. The number of carboxylic acids is 1. The van der Waals surface area contributed by atoms with Crippen LogP contribution in [0.5, 0.6) is 0 Å². The Bertz CT molecular complexity index is 131. The molecule has 0 aromatic heterocycles. The second-order valence-corrected chi connectivity index (χ2v) is 3.34. The average molecular weight is 211 g/mol. The van der Waals surface area contributed by atoms with Crippen molar-refractivity contribution in [2.75, 3.05) is 13.1 Å². The molecule has 4 heteroatoms. The van der Waals surface area contributed by atoms with E-state index in [0.717, 1.165) is 13.0 Å². The number of nitrogens with one attached hydrogen (secondary N) is 1. The van der Waals surface area contributed by atoms with Gasteiger partial charge in [0.25, 0.3) is 0 Å². The summed E-state index contributed by atoms with van der Waals surface area (Å²) in [7, 11) is 0. The van der Waals surface area contributed by atoms with E-state index in [-0.39, 0.29) is 36.1 Å². The standard InChI is InChI=1S/C10H21NO2.Na.H/c1-2-3-4-5-6-7-8-11-9-10(12)13;;/h11H,2-9H2,1H3,(H,12,13);;. The van der Waals surface area contributed by atoms with Crippen LogP contribution in [0.25, 0.3) is 0 Å². The van der Waals surface area contributed by atoms with Crippen molar-refractivity contribution in [1.29, 1.82) is 0 Å². The molecule has 0 radical (unpaired) electrons. The van der Waals surface area contributed by atoms with Gasteiger partial charge in [0.05, 0.1) is 6.54 Å². The molecule has 0 unspecified atom stereocenters. The normalized spacial score (nSPS) is 9.50. The molecule has 0 saturated heterocycles. The summed E-state index contributed by atoms with van der Waals surface area (Å²) in [5.74, 6) is -0.772. The van der Waals surface area contributed by atoms with E-state index in [2.05, 4.69) is 12.2 Å². The molecule has 3 nitrogen and oxygen atoms in total. The van der Waals surface area contributed by atoms with Crippen molar-refractivity contribution in [1.82, 2.24) is 5.32 Å². The Hall–Kier alpha value is 0.430. The van der Waals surface area contributed by atoms with E-state index in [1.165, 1.54) is 32.1 Å². The van der Waals surface area contributed by atoms with Gasteiger partial charge in [0.2, 0.25) is 0 Å². The third-order valence-corrected chi connectivity index (χ3v) is 1.98. The summed E-state index contributed by atoms with van der Waals surface area (Å²) in [5.41, 5.74) is 0. The van der Waals surface area contributed by atoms with Gasteiger partial charge in [-0.1, -0.05) is 39.0 Å². The summed E-state index contributed by atoms with van der Waals surface area (Å²) in [6, 6.07) is 0.